The standard InChI is InChI=1S/C19H23NO3S/c1-23-16-6-4-14(5-7-16)15-10-17(24-13-15)12-20-18(21)11-19(22)8-2-3-9-19/h4-7,10,13,22H,2-3,8-9,11-12H2,1H3,(H,20,21). The molecule has 1 fully saturated rings. The second kappa shape index (κ2) is 7.36. The smallest absolute Gasteiger partial charge is 0.223 e. The molecule has 0 atom stereocenters. The van der Waals surface area contributed by atoms with Crippen molar-refractivity contribution in [2.24, 2.45) is 0 Å². The van der Waals surface area contributed by atoms with Crippen LogP contribution < -0.4 is 10.1 Å². The molecular formula is C19H23NO3S. The number of carbonyl (C=O) groups excluding carboxylic acids is 1. The Morgan fingerprint density at radius 1 is 1.25 bits per heavy atom. The second-order valence-corrected chi connectivity index (χ2v) is 7.41. The molecule has 3 rings (SSSR count). The van der Waals surface area contributed by atoms with Gasteiger partial charge in [0.05, 0.1) is 25.7 Å². The number of thiophene rings is 1. The Labute approximate surface area is 146 Å². The van der Waals surface area contributed by atoms with Crippen LogP contribution in [0.1, 0.15) is 37.0 Å². The highest BCUT2D eigenvalue weighted by atomic mass is 32.1. The van der Waals surface area contributed by atoms with E-state index in [4.69, 9.17) is 4.74 Å². The highest BCUT2D eigenvalue weighted by Crippen LogP contribution is 2.32. The number of nitrogens with one attached hydrogen (secondary N) is 1. The summed E-state index contributed by atoms with van der Waals surface area (Å²) in [6.07, 6.45) is 3.71. The van der Waals surface area contributed by atoms with Crippen molar-refractivity contribution >= 4 is 17.2 Å². The predicted octanol–water partition coefficient (Wildman–Crippen LogP) is 3.74. The van der Waals surface area contributed by atoms with E-state index in [1.54, 1.807) is 18.4 Å². The van der Waals surface area contributed by atoms with Crippen LogP contribution in [0.4, 0.5) is 0 Å². The molecule has 0 saturated heterocycles. The number of hydrogen-bond donors (Lipinski definition) is 2. The number of amides is 1. The zero-order valence-corrected chi connectivity index (χ0v) is 14.7. The fourth-order valence-corrected chi connectivity index (χ4v) is 4.00. The Hall–Kier alpha value is -1.85. The first-order chi connectivity index (χ1) is 11.6. The number of methoxy groups -OCH3 is 1. The topological polar surface area (TPSA) is 58.6 Å². The van der Waals surface area contributed by atoms with Gasteiger partial charge in [-0.15, -0.1) is 11.3 Å². The van der Waals surface area contributed by atoms with Crippen LogP contribution in [0.3, 0.4) is 0 Å². The molecule has 0 radical (unpaired) electrons. The summed E-state index contributed by atoms with van der Waals surface area (Å²) in [4.78, 5) is 13.1. The molecular weight excluding hydrogens is 322 g/mol. The van der Waals surface area contributed by atoms with E-state index >= 15 is 0 Å². The van der Waals surface area contributed by atoms with Crippen LogP contribution in [-0.4, -0.2) is 23.7 Å². The number of ether oxygens (including phenoxy) is 1. The van der Waals surface area contributed by atoms with Crippen molar-refractivity contribution in [1.82, 2.24) is 5.32 Å². The van der Waals surface area contributed by atoms with Gasteiger partial charge in [-0.05, 0) is 47.5 Å². The van der Waals surface area contributed by atoms with Crippen molar-refractivity contribution in [3.05, 3.63) is 40.6 Å². The van der Waals surface area contributed by atoms with Crippen LogP contribution in [0.25, 0.3) is 11.1 Å². The Kier molecular flexibility index (Phi) is 5.21. The van der Waals surface area contributed by atoms with E-state index in [2.05, 4.69) is 16.8 Å². The minimum Gasteiger partial charge on any atom is -0.497 e. The first-order valence-corrected chi connectivity index (χ1v) is 9.17. The number of aliphatic hydroxyl groups is 1. The summed E-state index contributed by atoms with van der Waals surface area (Å²) in [7, 11) is 1.66. The molecule has 5 heteroatoms. The Morgan fingerprint density at radius 2 is 1.96 bits per heavy atom. The van der Waals surface area contributed by atoms with E-state index in [0.717, 1.165) is 47.4 Å². The van der Waals surface area contributed by atoms with E-state index in [1.165, 1.54) is 0 Å². The Balaban J connectivity index is 1.54. The molecule has 0 aliphatic heterocycles. The Morgan fingerprint density at radius 3 is 2.62 bits per heavy atom. The van der Waals surface area contributed by atoms with Gasteiger partial charge in [-0.1, -0.05) is 25.0 Å². The lowest BCUT2D eigenvalue weighted by Crippen LogP contribution is -2.34. The SMILES string of the molecule is COc1ccc(-c2csc(CNC(=O)CC3(O)CCCC3)c2)cc1. The molecule has 1 heterocycles. The zero-order chi connectivity index (χ0) is 17.0. The van der Waals surface area contributed by atoms with Crippen molar-refractivity contribution in [1.29, 1.82) is 0 Å². The number of carbonyl (C=O) groups is 1. The van der Waals surface area contributed by atoms with E-state index in [9.17, 15) is 9.90 Å². The van der Waals surface area contributed by atoms with E-state index in [-0.39, 0.29) is 12.3 Å². The van der Waals surface area contributed by atoms with Gasteiger partial charge in [0, 0.05) is 4.88 Å². The van der Waals surface area contributed by atoms with Gasteiger partial charge in [0.2, 0.25) is 5.91 Å². The largest absolute Gasteiger partial charge is 0.497 e. The van der Waals surface area contributed by atoms with E-state index in [0.29, 0.717) is 6.54 Å². The van der Waals surface area contributed by atoms with E-state index in [1.807, 2.05) is 24.3 Å². The molecule has 4 nitrogen and oxygen atoms in total. The lowest BCUT2D eigenvalue weighted by atomic mass is 9.98. The van der Waals surface area contributed by atoms with Crippen LogP contribution in [0, 0.1) is 0 Å². The number of hydrogen-bond acceptors (Lipinski definition) is 4. The molecule has 1 aliphatic rings. The highest BCUT2D eigenvalue weighted by Gasteiger charge is 2.33. The van der Waals surface area contributed by atoms with Gasteiger partial charge in [0.15, 0.2) is 0 Å². The van der Waals surface area contributed by atoms with Crippen molar-refractivity contribution in [2.75, 3.05) is 7.11 Å². The number of rotatable bonds is 6. The van der Waals surface area contributed by atoms with Gasteiger partial charge in [-0.2, -0.15) is 0 Å². The summed E-state index contributed by atoms with van der Waals surface area (Å²) in [5.74, 6) is 0.769. The number of benzene rings is 1. The minimum absolute atomic E-state index is 0.0706. The second-order valence-electron chi connectivity index (χ2n) is 6.42. The van der Waals surface area contributed by atoms with Gasteiger partial charge in [-0.3, -0.25) is 4.79 Å². The van der Waals surface area contributed by atoms with Crippen LogP contribution in [-0.2, 0) is 11.3 Å². The Bertz CT molecular complexity index is 687. The summed E-state index contributed by atoms with van der Waals surface area (Å²) in [6.45, 7) is 0.510. The van der Waals surface area contributed by atoms with Crippen molar-refractivity contribution in [3.8, 4) is 16.9 Å². The van der Waals surface area contributed by atoms with Gasteiger partial charge in [0.25, 0.3) is 0 Å². The van der Waals surface area contributed by atoms with Crippen molar-refractivity contribution in [2.45, 2.75) is 44.2 Å². The molecule has 0 spiro atoms. The van der Waals surface area contributed by atoms with Crippen LogP contribution in [0.2, 0.25) is 0 Å². The monoisotopic (exact) mass is 345 g/mol. The van der Waals surface area contributed by atoms with Crippen LogP contribution in [0.5, 0.6) is 5.75 Å². The molecule has 2 aromatic rings. The van der Waals surface area contributed by atoms with Crippen molar-refractivity contribution < 1.29 is 14.6 Å². The van der Waals surface area contributed by atoms with Crippen LogP contribution >= 0.6 is 11.3 Å². The molecule has 1 aromatic carbocycles. The third-order valence-corrected chi connectivity index (χ3v) is 5.50. The van der Waals surface area contributed by atoms with E-state index < -0.39 is 5.60 Å². The fourth-order valence-electron chi connectivity index (χ4n) is 3.17. The molecule has 0 bridgehead atoms. The summed E-state index contributed by atoms with van der Waals surface area (Å²) < 4.78 is 5.17. The maximum atomic E-state index is 12.0. The molecule has 1 amide bonds. The predicted molar refractivity (Wildman–Crippen MR) is 96.2 cm³/mol. The summed E-state index contributed by atoms with van der Waals surface area (Å²) >= 11 is 1.63. The molecule has 24 heavy (non-hydrogen) atoms. The third kappa shape index (κ3) is 4.16. The van der Waals surface area contributed by atoms with Gasteiger partial charge in [0.1, 0.15) is 5.75 Å². The molecule has 128 valence electrons. The first kappa shape index (κ1) is 17.0. The molecule has 1 saturated carbocycles. The van der Waals surface area contributed by atoms with Gasteiger partial charge < -0.3 is 15.2 Å². The third-order valence-electron chi connectivity index (χ3n) is 4.56. The summed E-state index contributed by atoms with van der Waals surface area (Å²) in [6, 6.07) is 10.0. The lowest BCUT2D eigenvalue weighted by molar-refractivity contribution is -0.126. The zero-order valence-electron chi connectivity index (χ0n) is 13.9. The molecule has 1 aromatic heterocycles. The fraction of sp³-hybridized carbons (Fsp3) is 0.421. The molecule has 2 N–H and O–H groups in total. The maximum absolute atomic E-state index is 12.0. The van der Waals surface area contributed by atoms with Gasteiger partial charge >= 0.3 is 0 Å². The van der Waals surface area contributed by atoms with Crippen molar-refractivity contribution in [3.63, 3.8) is 0 Å². The molecule has 1 aliphatic carbocycles. The first-order valence-electron chi connectivity index (χ1n) is 8.29. The minimum atomic E-state index is -0.784. The normalized spacial score (nSPS) is 16.1. The quantitative estimate of drug-likeness (QED) is 0.838. The summed E-state index contributed by atoms with van der Waals surface area (Å²) in [5, 5.41) is 15.3. The van der Waals surface area contributed by atoms with Crippen LogP contribution in [0.15, 0.2) is 35.7 Å². The molecule has 0 unspecified atom stereocenters. The van der Waals surface area contributed by atoms with Gasteiger partial charge in [-0.25, -0.2) is 0 Å². The maximum Gasteiger partial charge on any atom is 0.223 e. The average molecular weight is 345 g/mol. The summed E-state index contributed by atoms with van der Waals surface area (Å²) in [5.41, 5.74) is 1.49. The average Bonchev–Trinajstić information content (AvgIpc) is 3.22. The lowest BCUT2D eigenvalue weighted by Gasteiger charge is -2.20. The highest BCUT2D eigenvalue weighted by molar-refractivity contribution is 7.10.